The Hall–Kier alpha value is -2.87. The molecule has 0 saturated carbocycles. The van der Waals surface area contributed by atoms with Crippen molar-refractivity contribution in [2.24, 2.45) is 11.8 Å². The van der Waals surface area contributed by atoms with E-state index < -0.39 is 11.2 Å². The number of likely N-dealkylation sites (tertiary alicyclic amines) is 1. The average Bonchev–Trinajstić information content (AvgIpc) is 3.09. The van der Waals surface area contributed by atoms with Crippen LogP contribution in [-0.4, -0.2) is 46.5 Å². The van der Waals surface area contributed by atoms with Gasteiger partial charge in [-0.2, -0.15) is 0 Å². The first-order chi connectivity index (χ1) is 14.3. The normalized spacial score (nSPS) is 16.9. The number of aromatic nitrogens is 2. The van der Waals surface area contributed by atoms with Gasteiger partial charge in [-0.25, -0.2) is 4.79 Å². The highest BCUT2D eigenvalue weighted by atomic mass is 16.2. The lowest BCUT2D eigenvalue weighted by molar-refractivity contribution is -0.119. The maximum absolute atomic E-state index is 13.2. The molecule has 1 aliphatic rings. The number of benzene rings is 1. The molecule has 1 atom stereocenters. The van der Waals surface area contributed by atoms with Crippen molar-refractivity contribution in [3.63, 3.8) is 0 Å². The fraction of sp³-hybridized carbons (Fsp3) is 0.500. The van der Waals surface area contributed by atoms with E-state index in [9.17, 15) is 14.4 Å². The van der Waals surface area contributed by atoms with Gasteiger partial charge in [-0.05, 0) is 30.4 Å². The van der Waals surface area contributed by atoms with E-state index in [1.165, 1.54) is 9.47 Å². The molecule has 1 unspecified atom stereocenters. The number of amides is 1. The average molecular weight is 414 g/mol. The quantitative estimate of drug-likeness (QED) is 0.716. The number of carbonyl (C=O) groups is 1. The Labute approximate surface area is 176 Å². The van der Waals surface area contributed by atoms with Crippen molar-refractivity contribution in [3.05, 3.63) is 56.7 Å². The predicted molar refractivity (Wildman–Crippen MR) is 119 cm³/mol. The van der Waals surface area contributed by atoms with Crippen molar-refractivity contribution < 1.29 is 4.79 Å². The monoisotopic (exact) mass is 413 g/mol. The summed E-state index contributed by atoms with van der Waals surface area (Å²) in [6.45, 7) is 8.63. The van der Waals surface area contributed by atoms with Crippen LogP contribution in [0.5, 0.6) is 0 Å². The van der Waals surface area contributed by atoms with E-state index in [2.05, 4.69) is 16.8 Å². The number of hydrogen-bond acceptors (Lipinski definition) is 5. The molecule has 1 fully saturated rings. The first-order valence-corrected chi connectivity index (χ1v) is 10.5. The minimum Gasteiger partial charge on any atom is -0.383 e. The molecule has 0 bridgehead atoms. The first kappa shape index (κ1) is 21.8. The van der Waals surface area contributed by atoms with Gasteiger partial charge in [0.15, 0.2) is 5.69 Å². The molecule has 0 aliphatic carbocycles. The van der Waals surface area contributed by atoms with E-state index in [0.29, 0.717) is 12.5 Å². The van der Waals surface area contributed by atoms with Crippen molar-refractivity contribution in [2.45, 2.75) is 33.7 Å². The fourth-order valence-corrected chi connectivity index (χ4v) is 3.89. The Morgan fingerprint density at radius 2 is 1.97 bits per heavy atom. The van der Waals surface area contributed by atoms with Crippen LogP contribution in [0, 0.1) is 11.8 Å². The molecule has 0 spiro atoms. The van der Waals surface area contributed by atoms with Crippen LogP contribution >= 0.6 is 0 Å². The molecule has 8 nitrogen and oxygen atoms in total. The number of hydrogen-bond donors (Lipinski definition) is 2. The van der Waals surface area contributed by atoms with Gasteiger partial charge in [0.2, 0.25) is 5.91 Å². The number of rotatable bonds is 7. The third-order valence-electron chi connectivity index (χ3n) is 5.38. The fourth-order valence-electron chi connectivity index (χ4n) is 3.89. The Balaban J connectivity index is 1.98. The molecule has 2 aromatic rings. The Kier molecular flexibility index (Phi) is 6.77. The van der Waals surface area contributed by atoms with Gasteiger partial charge in [0.1, 0.15) is 5.82 Å². The number of anilines is 2. The summed E-state index contributed by atoms with van der Waals surface area (Å²) in [4.78, 5) is 44.3. The van der Waals surface area contributed by atoms with Gasteiger partial charge in [-0.1, -0.05) is 51.1 Å². The Bertz CT molecular complexity index is 996. The highest BCUT2D eigenvalue weighted by molar-refractivity contribution is 5.96. The zero-order chi connectivity index (χ0) is 21.8. The third kappa shape index (κ3) is 4.99. The molecule has 1 aromatic heterocycles. The smallest absolute Gasteiger partial charge is 0.330 e. The lowest BCUT2D eigenvalue weighted by Gasteiger charge is -2.28. The second kappa shape index (κ2) is 9.30. The molecule has 30 heavy (non-hydrogen) atoms. The zero-order valence-electron chi connectivity index (χ0n) is 17.9. The van der Waals surface area contributed by atoms with E-state index in [1.54, 1.807) is 0 Å². The SMILES string of the molecule is CC(C)CN(C(=O)CN1CCC(C)C1)c1c(N)n(Cc2ccccc2)c(=O)[nH]c1=O. The Morgan fingerprint density at radius 3 is 2.57 bits per heavy atom. The molecule has 1 saturated heterocycles. The van der Waals surface area contributed by atoms with Crippen LogP contribution < -0.4 is 21.9 Å². The molecule has 3 N–H and O–H groups in total. The number of nitrogens with zero attached hydrogens (tertiary/aromatic N) is 3. The van der Waals surface area contributed by atoms with E-state index >= 15 is 0 Å². The minimum atomic E-state index is -0.634. The van der Waals surface area contributed by atoms with Crippen LogP contribution in [-0.2, 0) is 11.3 Å². The maximum atomic E-state index is 13.2. The molecule has 0 radical (unpaired) electrons. The van der Waals surface area contributed by atoms with Crippen molar-refractivity contribution in [1.82, 2.24) is 14.5 Å². The number of nitrogens with one attached hydrogen (secondary N) is 1. The number of aromatic amines is 1. The van der Waals surface area contributed by atoms with Crippen LogP contribution in [0.25, 0.3) is 0 Å². The van der Waals surface area contributed by atoms with Crippen molar-refractivity contribution in [1.29, 1.82) is 0 Å². The summed E-state index contributed by atoms with van der Waals surface area (Å²) in [6, 6.07) is 9.38. The molecule has 1 aromatic carbocycles. The molecule has 1 amide bonds. The standard InChI is InChI=1S/C22H31N5O3/c1-15(2)11-26(18(28)14-25-10-9-16(3)12-25)19-20(23)27(22(30)24-21(19)29)13-17-7-5-4-6-8-17/h4-8,15-16H,9-14,23H2,1-3H3,(H,24,29,30). The number of H-pyrrole nitrogens is 1. The van der Waals surface area contributed by atoms with Crippen molar-refractivity contribution in [3.8, 4) is 0 Å². The van der Waals surface area contributed by atoms with E-state index in [1.807, 2.05) is 44.2 Å². The third-order valence-corrected chi connectivity index (χ3v) is 5.38. The molecular weight excluding hydrogens is 382 g/mol. The van der Waals surface area contributed by atoms with Gasteiger partial charge < -0.3 is 10.6 Å². The van der Waals surface area contributed by atoms with Gasteiger partial charge in [-0.3, -0.25) is 24.0 Å². The molecule has 162 valence electrons. The van der Waals surface area contributed by atoms with Gasteiger partial charge in [0.05, 0.1) is 13.1 Å². The second-order valence-corrected chi connectivity index (χ2v) is 8.59. The molecule has 3 rings (SSSR count). The maximum Gasteiger partial charge on any atom is 0.330 e. The predicted octanol–water partition coefficient (Wildman–Crippen LogP) is 1.50. The zero-order valence-corrected chi connectivity index (χ0v) is 17.9. The van der Waals surface area contributed by atoms with Crippen LogP contribution in [0.3, 0.4) is 0 Å². The lowest BCUT2D eigenvalue weighted by Crippen LogP contribution is -2.46. The second-order valence-electron chi connectivity index (χ2n) is 8.59. The van der Waals surface area contributed by atoms with Gasteiger partial charge in [-0.15, -0.1) is 0 Å². The summed E-state index contributed by atoms with van der Waals surface area (Å²) in [5.74, 6) is 0.508. The summed E-state index contributed by atoms with van der Waals surface area (Å²) in [6.07, 6.45) is 1.06. The Morgan fingerprint density at radius 1 is 1.27 bits per heavy atom. The van der Waals surface area contributed by atoms with Gasteiger partial charge in [0, 0.05) is 13.1 Å². The van der Waals surface area contributed by atoms with Crippen LogP contribution in [0.15, 0.2) is 39.9 Å². The largest absolute Gasteiger partial charge is 0.383 e. The van der Waals surface area contributed by atoms with Crippen molar-refractivity contribution >= 4 is 17.4 Å². The summed E-state index contributed by atoms with van der Waals surface area (Å²) >= 11 is 0. The molecule has 2 heterocycles. The summed E-state index contributed by atoms with van der Waals surface area (Å²) in [5.41, 5.74) is 6.02. The van der Waals surface area contributed by atoms with E-state index in [0.717, 1.165) is 25.1 Å². The topological polar surface area (TPSA) is 104 Å². The van der Waals surface area contributed by atoms with Crippen molar-refractivity contribution in [2.75, 3.05) is 36.8 Å². The first-order valence-electron chi connectivity index (χ1n) is 10.5. The van der Waals surface area contributed by atoms with Crippen LogP contribution in [0.1, 0.15) is 32.8 Å². The number of nitrogen functional groups attached to an aromatic ring is 1. The highest BCUT2D eigenvalue weighted by Gasteiger charge is 2.28. The highest BCUT2D eigenvalue weighted by Crippen LogP contribution is 2.21. The molecule has 1 aliphatic heterocycles. The minimum absolute atomic E-state index is 0.0105. The summed E-state index contributed by atoms with van der Waals surface area (Å²) in [7, 11) is 0. The molecule has 8 heteroatoms. The van der Waals surface area contributed by atoms with Gasteiger partial charge in [0.25, 0.3) is 5.56 Å². The summed E-state index contributed by atoms with van der Waals surface area (Å²) < 4.78 is 1.31. The van der Waals surface area contributed by atoms with Crippen LogP contribution in [0.2, 0.25) is 0 Å². The van der Waals surface area contributed by atoms with E-state index in [-0.39, 0.29) is 36.4 Å². The van der Waals surface area contributed by atoms with E-state index in [4.69, 9.17) is 5.73 Å². The lowest BCUT2D eigenvalue weighted by atomic mass is 10.2. The molecular formula is C22H31N5O3. The van der Waals surface area contributed by atoms with Gasteiger partial charge >= 0.3 is 5.69 Å². The number of nitrogens with two attached hydrogens (primary N) is 1. The number of carbonyl (C=O) groups excluding carboxylic acids is 1. The summed E-state index contributed by atoms with van der Waals surface area (Å²) in [5, 5.41) is 0. The van der Waals surface area contributed by atoms with Crippen LogP contribution in [0.4, 0.5) is 11.5 Å².